The highest BCUT2D eigenvalue weighted by Crippen LogP contribution is 2.34. The van der Waals surface area contributed by atoms with Crippen molar-refractivity contribution in [2.45, 2.75) is 45.3 Å². The lowest BCUT2D eigenvalue weighted by molar-refractivity contribution is -0.275. The monoisotopic (exact) mass is 1020 g/mol. The maximum absolute atomic E-state index is 12.2. The summed E-state index contributed by atoms with van der Waals surface area (Å²) in [5.74, 6) is 1.83. The Balaban J connectivity index is 0.000000234. The van der Waals surface area contributed by atoms with Gasteiger partial charge in [-0.2, -0.15) is 0 Å². The van der Waals surface area contributed by atoms with Crippen LogP contribution in [0.25, 0.3) is 4.85 Å². The zero-order valence-corrected chi connectivity index (χ0v) is 39.5. The lowest BCUT2D eigenvalue weighted by Gasteiger charge is -2.16. The molecule has 6 aromatic rings. The molecule has 0 spiro atoms. The molecular formula is C51H49F9N4O8. The third-order valence-corrected chi connectivity index (χ3v) is 9.02. The van der Waals surface area contributed by atoms with Crippen LogP contribution in [-0.2, 0) is 26.2 Å². The van der Waals surface area contributed by atoms with Crippen LogP contribution in [0.3, 0.4) is 0 Å². The Morgan fingerprint density at radius 2 is 0.792 bits per heavy atom. The van der Waals surface area contributed by atoms with Crippen LogP contribution in [0.4, 0.5) is 45.2 Å². The van der Waals surface area contributed by atoms with Crippen molar-refractivity contribution < 1.29 is 77.8 Å². The highest BCUT2D eigenvalue weighted by Gasteiger charge is 2.32. The van der Waals surface area contributed by atoms with Crippen molar-refractivity contribution in [3.63, 3.8) is 0 Å². The van der Waals surface area contributed by atoms with Crippen LogP contribution in [0.5, 0.6) is 51.7 Å². The van der Waals surface area contributed by atoms with E-state index in [1.807, 2.05) is 63.1 Å². The minimum Gasteiger partial charge on any atom is -0.457 e. The van der Waals surface area contributed by atoms with E-state index in [1.54, 1.807) is 48.5 Å². The van der Waals surface area contributed by atoms with Crippen LogP contribution < -0.4 is 28.4 Å². The summed E-state index contributed by atoms with van der Waals surface area (Å²) in [5.41, 5.74) is 4.24. The molecule has 6 aromatic carbocycles. The van der Waals surface area contributed by atoms with Gasteiger partial charge in [-0.3, -0.25) is 4.79 Å². The predicted molar refractivity (Wildman–Crippen MR) is 249 cm³/mol. The van der Waals surface area contributed by atoms with Crippen LogP contribution in [0.15, 0.2) is 127 Å². The average Bonchev–Trinajstić information content (AvgIpc) is 3.28. The Hall–Kier alpha value is -7.51. The fourth-order valence-corrected chi connectivity index (χ4v) is 6.24. The third-order valence-electron chi connectivity index (χ3n) is 9.02. The third kappa shape index (κ3) is 20.8. The number of aliphatic hydroxyl groups is 1. The number of hydrogen-bond donors (Lipinski definition) is 1. The van der Waals surface area contributed by atoms with Crippen LogP contribution in [0.1, 0.15) is 32.6 Å². The molecule has 6 rings (SSSR count). The smallest absolute Gasteiger partial charge is 0.457 e. The molecule has 384 valence electrons. The van der Waals surface area contributed by atoms with E-state index >= 15 is 0 Å². The van der Waals surface area contributed by atoms with Gasteiger partial charge in [-0.25, -0.2) is 4.85 Å². The van der Waals surface area contributed by atoms with Crippen molar-refractivity contribution in [2.75, 3.05) is 42.3 Å². The molecule has 0 heterocycles. The van der Waals surface area contributed by atoms with Gasteiger partial charge in [0.1, 0.15) is 58.0 Å². The molecule has 0 radical (unpaired) electrons. The molecular weight excluding hydrogens is 968 g/mol. The molecule has 0 aromatic heterocycles. The van der Waals surface area contributed by atoms with E-state index in [1.165, 1.54) is 72.8 Å². The van der Waals surface area contributed by atoms with Gasteiger partial charge in [0, 0.05) is 36.3 Å². The maximum Gasteiger partial charge on any atom is 0.573 e. The Labute approximate surface area is 409 Å². The number of aliphatic hydroxyl groups excluding tert-OH is 1. The van der Waals surface area contributed by atoms with Gasteiger partial charge in [-0.1, -0.05) is 12.1 Å². The summed E-state index contributed by atoms with van der Waals surface area (Å²) in [6.07, 6.45) is -13.4. The van der Waals surface area contributed by atoms with Crippen molar-refractivity contribution in [1.82, 2.24) is 14.7 Å². The van der Waals surface area contributed by atoms with Gasteiger partial charge in [-0.15, -0.1) is 39.5 Å². The molecule has 0 aliphatic heterocycles. The van der Waals surface area contributed by atoms with Gasteiger partial charge in [0.25, 0.3) is 0 Å². The number of aldehydes is 1. The second-order valence-corrected chi connectivity index (χ2v) is 16.1. The molecule has 0 saturated heterocycles. The number of carbonyl (C=O) groups is 1. The Bertz CT molecular complexity index is 2690. The van der Waals surface area contributed by atoms with Crippen molar-refractivity contribution in [2.24, 2.45) is 0 Å². The highest BCUT2D eigenvalue weighted by molar-refractivity contribution is 5.75. The summed E-state index contributed by atoms with van der Waals surface area (Å²) in [5, 5.41) is 9.24. The van der Waals surface area contributed by atoms with Crippen molar-refractivity contribution in [1.29, 1.82) is 0 Å². The normalized spacial score (nSPS) is 11.4. The average molecular weight is 1020 g/mol. The van der Waals surface area contributed by atoms with Gasteiger partial charge in [0.05, 0.1) is 13.2 Å². The standard InChI is InChI=1S/C17H15F3N2O2.C17H18F3NO3.C17H16F3NO3/c1-21-13-4-9-16(12(10-13)11-22(2)3)23-14-5-7-15(8-6-14)24-17(18,19)20;2*1-21(2)10-13-9-12(11-22)3-8-16(13)23-14-4-6-15(7-5-14)24-17(18,19)20/h4-10H,11H2,2-3H3;3-9,22H,10-11H2,1-2H3;3-9,11H,10H2,1-2H3. The van der Waals surface area contributed by atoms with E-state index in [9.17, 15) is 49.4 Å². The first-order valence-corrected chi connectivity index (χ1v) is 21.2. The summed E-state index contributed by atoms with van der Waals surface area (Å²) in [4.78, 5) is 20.1. The molecule has 0 fully saturated rings. The van der Waals surface area contributed by atoms with Gasteiger partial charge in [0.2, 0.25) is 0 Å². The van der Waals surface area contributed by atoms with Crippen molar-refractivity contribution >= 4 is 12.0 Å². The Kier molecular flexibility index (Phi) is 20.7. The van der Waals surface area contributed by atoms with Crippen LogP contribution >= 0.6 is 0 Å². The van der Waals surface area contributed by atoms with Gasteiger partial charge in [0.15, 0.2) is 5.69 Å². The highest BCUT2D eigenvalue weighted by atomic mass is 19.4. The number of hydrogen-bond acceptors (Lipinski definition) is 11. The lowest BCUT2D eigenvalue weighted by atomic mass is 10.1. The first-order chi connectivity index (χ1) is 33.8. The van der Waals surface area contributed by atoms with Gasteiger partial charge >= 0.3 is 19.1 Å². The number of alkyl halides is 9. The van der Waals surface area contributed by atoms with Crippen LogP contribution in [0, 0.1) is 6.57 Å². The quantitative estimate of drug-likeness (QED) is 0.0536. The van der Waals surface area contributed by atoms with E-state index in [4.69, 9.17) is 20.8 Å². The van der Waals surface area contributed by atoms with Crippen LogP contribution in [0.2, 0.25) is 0 Å². The minimum atomic E-state index is -4.73. The molecule has 0 unspecified atom stereocenters. The first-order valence-electron chi connectivity index (χ1n) is 21.2. The van der Waals surface area contributed by atoms with E-state index in [0.29, 0.717) is 65.4 Å². The van der Waals surface area contributed by atoms with E-state index < -0.39 is 19.1 Å². The topological polar surface area (TPSA) is 107 Å². The largest absolute Gasteiger partial charge is 0.573 e. The number of ether oxygens (including phenoxy) is 6. The summed E-state index contributed by atoms with van der Waals surface area (Å²) >= 11 is 0. The fourth-order valence-electron chi connectivity index (χ4n) is 6.24. The van der Waals surface area contributed by atoms with E-state index in [2.05, 4.69) is 19.1 Å². The second-order valence-electron chi connectivity index (χ2n) is 16.1. The Morgan fingerprint density at radius 3 is 1.11 bits per heavy atom. The molecule has 0 amide bonds. The van der Waals surface area contributed by atoms with E-state index in [0.717, 1.165) is 28.5 Å². The number of benzene rings is 6. The molecule has 0 saturated carbocycles. The number of halogens is 9. The summed E-state index contributed by atoms with van der Waals surface area (Å²) in [7, 11) is 11.3. The molecule has 1 N–H and O–H groups in total. The van der Waals surface area contributed by atoms with Gasteiger partial charge in [-0.05, 0) is 169 Å². The summed E-state index contributed by atoms with van der Waals surface area (Å²) < 4.78 is 138. The lowest BCUT2D eigenvalue weighted by Crippen LogP contribution is -2.16. The number of nitrogens with zero attached hydrogens (tertiary/aromatic N) is 4. The molecule has 72 heavy (non-hydrogen) atoms. The predicted octanol–water partition coefficient (Wildman–Crippen LogP) is 13.2. The fraction of sp³-hybridized carbons (Fsp3) is 0.255. The van der Waals surface area contributed by atoms with E-state index in [-0.39, 0.29) is 23.9 Å². The van der Waals surface area contributed by atoms with Crippen molar-refractivity contribution in [3.05, 3.63) is 167 Å². The molecule has 12 nitrogen and oxygen atoms in total. The molecule has 0 aliphatic rings. The molecule has 21 heteroatoms. The Morgan fingerprint density at radius 1 is 0.472 bits per heavy atom. The minimum absolute atomic E-state index is 0.0792. The number of carbonyl (C=O) groups excluding carboxylic acids is 1. The maximum atomic E-state index is 12.2. The van der Waals surface area contributed by atoms with Crippen molar-refractivity contribution in [3.8, 4) is 51.7 Å². The number of rotatable bonds is 17. The zero-order valence-electron chi connectivity index (χ0n) is 39.5. The summed E-state index contributed by atoms with van der Waals surface area (Å²) in [6.45, 7) is 8.70. The molecule has 0 aliphatic carbocycles. The molecule has 0 atom stereocenters. The first kappa shape index (κ1) is 57.1. The second kappa shape index (κ2) is 26.1. The molecule has 0 bridgehead atoms. The summed E-state index contributed by atoms with van der Waals surface area (Å²) in [6, 6.07) is 30.7. The van der Waals surface area contributed by atoms with Crippen LogP contribution in [-0.4, -0.2) is 87.5 Å². The SMILES string of the molecule is CN(C)Cc1cc(C=O)ccc1Oc1ccc(OC(F)(F)F)cc1.CN(C)Cc1cc(CO)ccc1Oc1ccc(OC(F)(F)F)cc1.[C-]#[N+]c1ccc(Oc2ccc(OC(F)(F)F)cc2)c(CN(C)C)c1. The van der Waals surface area contributed by atoms with Gasteiger partial charge < -0.3 is 48.2 Å². The zero-order chi connectivity index (χ0) is 53.2.